The van der Waals surface area contributed by atoms with Gasteiger partial charge in [-0.3, -0.25) is 14.6 Å². The van der Waals surface area contributed by atoms with Gasteiger partial charge >= 0.3 is 0 Å². The Balaban J connectivity index is 1.75. The predicted molar refractivity (Wildman–Crippen MR) is 121 cm³/mol. The largest absolute Gasteiger partial charge is 0.497 e. The molecule has 5 rings (SSSR count). The van der Waals surface area contributed by atoms with Gasteiger partial charge in [-0.2, -0.15) is 0 Å². The molecule has 2 aromatic heterocycles. The Morgan fingerprint density at radius 2 is 2.00 bits per heavy atom. The highest BCUT2D eigenvalue weighted by Crippen LogP contribution is 2.40. The van der Waals surface area contributed by atoms with Gasteiger partial charge in [-0.05, 0) is 53.9 Å². The normalized spacial score (nSPS) is 15.3. The van der Waals surface area contributed by atoms with Crippen molar-refractivity contribution in [3.05, 3.63) is 104 Å². The van der Waals surface area contributed by atoms with Crippen LogP contribution in [0.5, 0.6) is 5.75 Å². The second kappa shape index (κ2) is 7.80. The minimum absolute atomic E-state index is 0.0564. The maximum absolute atomic E-state index is 13.6. The fourth-order valence-electron chi connectivity index (χ4n) is 4.15. The number of aromatic nitrogens is 1. The first-order valence-corrected chi connectivity index (χ1v) is 10.5. The molecule has 0 radical (unpaired) electrons. The minimum Gasteiger partial charge on any atom is -0.497 e. The molecule has 0 aliphatic carbocycles. The molecule has 0 unspecified atom stereocenters. The maximum atomic E-state index is 13.6. The number of halogens is 1. The lowest BCUT2D eigenvalue weighted by atomic mass is 9.98. The van der Waals surface area contributed by atoms with Gasteiger partial charge in [-0.25, -0.2) is 0 Å². The zero-order chi connectivity index (χ0) is 22.4. The summed E-state index contributed by atoms with van der Waals surface area (Å²) in [6, 6.07) is 13.7. The predicted octanol–water partition coefficient (Wildman–Crippen LogP) is 4.90. The summed E-state index contributed by atoms with van der Waals surface area (Å²) < 4.78 is 11.4. The van der Waals surface area contributed by atoms with Crippen LogP contribution in [0.25, 0.3) is 11.0 Å². The van der Waals surface area contributed by atoms with E-state index in [1.54, 1.807) is 36.5 Å². The van der Waals surface area contributed by atoms with Crippen molar-refractivity contribution < 1.29 is 13.9 Å². The van der Waals surface area contributed by atoms with Gasteiger partial charge in [0.2, 0.25) is 5.76 Å². The van der Waals surface area contributed by atoms with Gasteiger partial charge in [0.15, 0.2) is 5.43 Å². The SMILES string of the molecule is COc1cccc([C@H]2c3c(oc4cc(C)c(Cl)cc4c3=O)C(=O)N2Cc2cccnc2)c1. The number of pyridine rings is 1. The number of methoxy groups -OCH3 is 1. The highest BCUT2D eigenvalue weighted by Gasteiger charge is 2.43. The number of nitrogens with zero attached hydrogens (tertiary/aromatic N) is 2. The molecule has 1 aliphatic heterocycles. The Hall–Kier alpha value is -3.64. The molecule has 1 atom stereocenters. The van der Waals surface area contributed by atoms with E-state index >= 15 is 0 Å². The number of amides is 1. The summed E-state index contributed by atoms with van der Waals surface area (Å²) in [4.78, 5) is 32.9. The van der Waals surface area contributed by atoms with Gasteiger partial charge in [0.1, 0.15) is 11.3 Å². The number of hydrogen-bond donors (Lipinski definition) is 0. The lowest BCUT2D eigenvalue weighted by molar-refractivity contribution is 0.0714. The third-order valence-corrected chi connectivity index (χ3v) is 6.14. The molecule has 160 valence electrons. The average Bonchev–Trinajstić information content (AvgIpc) is 3.08. The number of carbonyl (C=O) groups excluding carboxylic acids is 1. The molecule has 1 amide bonds. The number of benzene rings is 2. The quantitative estimate of drug-likeness (QED) is 0.445. The van der Waals surface area contributed by atoms with Gasteiger partial charge in [-0.15, -0.1) is 0 Å². The van der Waals surface area contributed by atoms with Gasteiger partial charge in [0.05, 0.1) is 24.1 Å². The monoisotopic (exact) mass is 446 g/mol. The van der Waals surface area contributed by atoms with Crippen molar-refractivity contribution in [2.45, 2.75) is 19.5 Å². The first kappa shape index (κ1) is 20.3. The summed E-state index contributed by atoms with van der Waals surface area (Å²) in [5.41, 5.74) is 2.75. The number of hydrogen-bond acceptors (Lipinski definition) is 5. The Morgan fingerprint density at radius 3 is 2.75 bits per heavy atom. The first-order chi connectivity index (χ1) is 15.5. The summed E-state index contributed by atoms with van der Waals surface area (Å²) >= 11 is 6.29. The van der Waals surface area contributed by atoms with E-state index in [0.717, 1.165) is 16.7 Å². The van der Waals surface area contributed by atoms with Crippen molar-refractivity contribution in [1.29, 1.82) is 0 Å². The first-order valence-electron chi connectivity index (χ1n) is 10.1. The molecule has 0 fully saturated rings. The van der Waals surface area contributed by atoms with Crippen LogP contribution in [0.15, 0.2) is 70.1 Å². The molecule has 6 nitrogen and oxygen atoms in total. The van der Waals surface area contributed by atoms with Crippen LogP contribution in [0.2, 0.25) is 5.02 Å². The molecule has 0 saturated carbocycles. The molecule has 4 aromatic rings. The molecule has 32 heavy (non-hydrogen) atoms. The number of carbonyl (C=O) groups is 1. The second-order valence-electron chi connectivity index (χ2n) is 7.75. The van der Waals surface area contributed by atoms with Crippen LogP contribution < -0.4 is 10.2 Å². The second-order valence-corrected chi connectivity index (χ2v) is 8.15. The van der Waals surface area contributed by atoms with Crippen LogP contribution in [-0.2, 0) is 6.54 Å². The molecule has 2 aromatic carbocycles. The Kier molecular flexibility index (Phi) is 4.94. The van der Waals surface area contributed by atoms with Crippen LogP contribution in [-0.4, -0.2) is 22.9 Å². The smallest absolute Gasteiger partial charge is 0.291 e. The van der Waals surface area contributed by atoms with E-state index in [9.17, 15) is 9.59 Å². The molecule has 0 saturated heterocycles. The Labute approximate surface area is 189 Å². The van der Waals surface area contributed by atoms with Gasteiger partial charge in [0, 0.05) is 24.0 Å². The van der Waals surface area contributed by atoms with Gasteiger partial charge < -0.3 is 14.1 Å². The van der Waals surface area contributed by atoms with Crippen LogP contribution in [0.4, 0.5) is 0 Å². The molecular weight excluding hydrogens is 428 g/mol. The highest BCUT2D eigenvalue weighted by molar-refractivity contribution is 6.32. The molecule has 0 N–H and O–H groups in total. The number of aryl methyl sites for hydroxylation is 1. The van der Waals surface area contributed by atoms with Crippen molar-refractivity contribution >= 4 is 28.5 Å². The molecule has 0 bridgehead atoms. The summed E-state index contributed by atoms with van der Waals surface area (Å²) in [6.07, 6.45) is 3.38. The third-order valence-electron chi connectivity index (χ3n) is 5.73. The van der Waals surface area contributed by atoms with Crippen LogP contribution in [0, 0.1) is 6.92 Å². The molecule has 7 heteroatoms. The van der Waals surface area contributed by atoms with E-state index in [1.165, 1.54) is 0 Å². The van der Waals surface area contributed by atoms with Crippen molar-refractivity contribution in [3.8, 4) is 5.75 Å². The molecular formula is C25H19ClN2O4. The summed E-state index contributed by atoms with van der Waals surface area (Å²) in [5, 5.41) is 0.822. The number of rotatable bonds is 4. The van der Waals surface area contributed by atoms with Crippen molar-refractivity contribution in [2.75, 3.05) is 7.11 Å². The van der Waals surface area contributed by atoms with Gasteiger partial charge in [0.25, 0.3) is 5.91 Å². The summed E-state index contributed by atoms with van der Waals surface area (Å²) in [5.74, 6) is 0.345. The van der Waals surface area contributed by atoms with E-state index in [2.05, 4.69) is 4.98 Å². The topological polar surface area (TPSA) is 72.6 Å². The fraction of sp³-hybridized carbons (Fsp3) is 0.160. The van der Waals surface area contributed by atoms with Crippen molar-refractivity contribution in [2.24, 2.45) is 0 Å². The van der Waals surface area contributed by atoms with Crippen LogP contribution in [0.3, 0.4) is 0 Å². The van der Waals surface area contributed by atoms with Crippen molar-refractivity contribution in [3.63, 3.8) is 0 Å². The minimum atomic E-state index is -0.631. The fourth-order valence-corrected chi connectivity index (χ4v) is 4.31. The molecule has 3 heterocycles. The molecule has 0 spiro atoms. The highest BCUT2D eigenvalue weighted by atomic mass is 35.5. The van der Waals surface area contributed by atoms with E-state index in [1.807, 2.05) is 43.3 Å². The Bertz CT molecular complexity index is 1420. The third kappa shape index (κ3) is 3.24. The average molecular weight is 447 g/mol. The van der Waals surface area contributed by atoms with Crippen LogP contribution in [0.1, 0.15) is 38.9 Å². The zero-order valence-electron chi connectivity index (χ0n) is 17.5. The van der Waals surface area contributed by atoms with Crippen LogP contribution >= 0.6 is 11.6 Å². The standard InChI is InChI=1S/C25H19ClN2O4/c1-14-9-20-18(11-19(14)26)23(29)21-22(16-6-3-7-17(10-16)31-2)28(25(30)24(21)32-20)13-15-5-4-8-27-12-15/h3-12,22H,13H2,1-2H3/t22-/m0/s1. The van der Waals surface area contributed by atoms with E-state index in [0.29, 0.717) is 27.3 Å². The summed E-state index contributed by atoms with van der Waals surface area (Å²) in [6.45, 7) is 2.10. The van der Waals surface area contributed by atoms with Crippen molar-refractivity contribution in [1.82, 2.24) is 9.88 Å². The zero-order valence-corrected chi connectivity index (χ0v) is 18.2. The molecule has 1 aliphatic rings. The van der Waals surface area contributed by atoms with Gasteiger partial charge in [-0.1, -0.05) is 29.8 Å². The summed E-state index contributed by atoms with van der Waals surface area (Å²) in [7, 11) is 1.58. The van der Waals surface area contributed by atoms with E-state index in [4.69, 9.17) is 20.8 Å². The lowest BCUT2D eigenvalue weighted by Crippen LogP contribution is -2.29. The van der Waals surface area contributed by atoms with E-state index < -0.39 is 6.04 Å². The Morgan fingerprint density at radius 1 is 1.16 bits per heavy atom. The lowest BCUT2D eigenvalue weighted by Gasteiger charge is -2.25. The maximum Gasteiger partial charge on any atom is 0.291 e. The number of ether oxygens (including phenoxy) is 1. The number of fused-ring (bicyclic) bond motifs is 2. The van der Waals surface area contributed by atoms with E-state index in [-0.39, 0.29) is 23.6 Å².